The molecule has 1 aliphatic heterocycles. The Morgan fingerprint density at radius 2 is 1.74 bits per heavy atom. The third kappa shape index (κ3) is 3.19. The van der Waals surface area contributed by atoms with Gasteiger partial charge in [-0.25, -0.2) is 0 Å². The average molecular weight is 358 g/mol. The van der Waals surface area contributed by atoms with Gasteiger partial charge in [0.1, 0.15) is 22.7 Å². The second-order valence-electron chi connectivity index (χ2n) is 4.33. The number of imide groups is 1. The molecule has 1 aromatic heterocycles. The molecule has 2 amide bonds. The predicted octanol–water partition coefficient (Wildman–Crippen LogP) is -1.32. The smallest absolute Gasteiger partial charge is 0.323 e. The van der Waals surface area contributed by atoms with Crippen LogP contribution in [-0.4, -0.2) is 49.3 Å². The summed E-state index contributed by atoms with van der Waals surface area (Å²) in [7, 11) is 0. The zero-order chi connectivity index (χ0) is 17.3. The molecule has 0 aromatic carbocycles. The van der Waals surface area contributed by atoms with E-state index in [-0.39, 0.29) is 14.1 Å². The van der Waals surface area contributed by atoms with Crippen LogP contribution in [0.5, 0.6) is 0 Å². The van der Waals surface area contributed by atoms with Gasteiger partial charge in [-0.1, -0.05) is 6.08 Å². The third-order valence-corrected chi connectivity index (χ3v) is 5.14. The minimum absolute atomic E-state index is 0.0294. The van der Waals surface area contributed by atoms with Crippen LogP contribution in [0.4, 0.5) is 4.79 Å². The summed E-state index contributed by atoms with van der Waals surface area (Å²) in [6, 6.07) is 0. The number of thioether (sulfide) groups is 1. The van der Waals surface area contributed by atoms with Gasteiger partial charge in [0.25, 0.3) is 16.7 Å². The molecule has 0 bridgehead atoms. The van der Waals surface area contributed by atoms with Crippen LogP contribution in [0, 0.1) is 0 Å². The number of aromatic nitrogens is 1. The highest BCUT2D eigenvalue weighted by molar-refractivity contribution is 8.23. The summed E-state index contributed by atoms with van der Waals surface area (Å²) in [4.78, 5) is 58.1. The van der Waals surface area contributed by atoms with Gasteiger partial charge in [-0.15, -0.1) is 11.3 Å². The van der Waals surface area contributed by atoms with E-state index in [9.17, 15) is 24.0 Å². The van der Waals surface area contributed by atoms with Crippen LogP contribution in [0.3, 0.4) is 0 Å². The number of nitrogens with zero attached hydrogens (tertiary/aromatic N) is 2. The summed E-state index contributed by atoms with van der Waals surface area (Å²) in [6.45, 7) is 0.122. The number of aliphatic carboxylic acids is 2. The average Bonchev–Trinajstić information content (AvgIpc) is 2.90. The molecule has 2 N–H and O–H groups in total. The van der Waals surface area contributed by atoms with E-state index in [1.165, 1.54) is 6.08 Å². The highest BCUT2D eigenvalue weighted by Gasteiger charge is 2.38. The largest absolute Gasteiger partial charge is 0.480 e. The fourth-order valence-electron chi connectivity index (χ4n) is 1.86. The summed E-state index contributed by atoms with van der Waals surface area (Å²) >= 11 is 1.36. The monoisotopic (exact) mass is 358 g/mol. The highest BCUT2D eigenvalue weighted by atomic mass is 32.2. The number of carbonyl (C=O) groups is 4. The molecule has 0 atom stereocenters. The maximum atomic E-state index is 12.2. The molecule has 11 heteroatoms. The first kappa shape index (κ1) is 17.0. The van der Waals surface area contributed by atoms with E-state index < -0.39 is 41.7 Å². The normalized spacial score (nSPS) is 18.0. The minimum atomic E-state index is -1.36. The molecular weight excluding hydrogens is 348 g/mol. The molecule has 122 valence electrons. The summed E-state index contributed by atoms with van der Waals surface area (Å²) in [5, 5.41) is 16.9. The lowest BCUT2D eigenvalue weighted by Gasteiger charge is -2.07. The maximum absolute atomic E-state index is 12.2. The topological polar surface area (TPSA) is 134 Å². The molecule has 0 unspecified atom stereocenters. The second kappa shape index (κ2) is 6.38. The second-order valence-corrected chi connectivity index (χ2v) is 6.32. The lowest BCUT2D eigenvalue weighted by Crippen LogP contribution is -2.36. The van der Waals surface area contributed by atoms with E-state index in [0.717, 1.165) is 15.9 Å². The van der Waals surface area contributed by atoms with Gasteiger partial charge in [-0.2, -0.15) is 0 Å². The number of carboxylic acid groups (broad SMARTS) is 2. The highest BCUT2D eigenvalue weighted by Crippen LogP contribution is 2.30. The molecule has 9 nitrogen and oxygen atoms in total. The van der Waals surface area contributed by atoms with Crippen molar-refractivity contribution in [1.82, 2.24) is 9.47 Å². The molecular formula is C12H10N2O7S2. The van der Waals surface area contributed by atoms with Gasteiger partial charge in [0.05, 0.1) is 4.53 Å². The number of thiazole rings is 1. The molecule has 2 heterocycles. The summed E-state index contributed by atoms with van der Waals surface area (Å²) in [6.07, 6.45) is 1.47. The lowest BCUT2D eigenvalue weighted by atomic mass is 10.4. The van der Waals surface area contributed by atoms with Gasteiger partial charge in [0, 0.05) is 0 Å². The lowest BCUT2D eigenvalue weighted by molar-refractivity contribution is -0.140. The number of carbonyl (C=O) groups excluding carboxylic acids is 2. The van der Waals surface area contributed by atoms with E-state index in [4.69, 9.17) is 10.2 Å². The molecule has 1 fully saturated rings. The van der Waals surface area contributed by atoms with E-state index >= 15 is 0 Å². The minimum Gasteiger partial charge on any atom is -0.480 e. The summed E-state index contributed by atoms with van der Waals surface area (Å²) in [5.74, 6) is -3.49. The van der Waals surface area contributed by atoms with Crippen LogP contribution in [0.25, 0.3) is 11.0 Å². The quantitative estimate of drug-likeness (QED) is 0.677. The van der Waals surface area contributed by atoms with Crippen molar-refractivity contribution in [2.45, 2.75) is 13.5 Å². The van der Waals surface area contributed by atoms with Crippen LogP contribution >= 0.6 is 23.1 Å². The Bertz CT molecular complexity index is 895. The van der Waals surface area contributed by atoms with E-state index in [2.05, 4.69) is 0 Å². The van der Waals surface area contributed by atoms with E-state index in [1.54, 1.807) is 6.92 Å². The predicted molar refractivity (Wildman–Crippen MR) is 81.3 cm³/mol. The number of hydrogen-bond donors (Lipinski definition) is 2. The summed E-state index contributed by atoms with van der Waals surface area (Å²) < 4.78 is 1.15. The van der Waals surface area contributed by atoms with Crippen molar-refractivity contribution < 1.29 is 29.4 Å². The van der Waals surface area contributed by atoms with Crippen LogP contribution in [0.15, 0.2) is 4.79 Å². The van der Waals surface area contributed by atoms with Crippen molar-refractivity contribution in [2.75, 3.05) is 6.54 Å². The Morgan fingerprint density at radius 1 is 1.13 bits per heavy atom. The molecule has 0 radical (unpaired) electrons. The van der Waals surface area contributed by atoms with E-state index in [1.807, 2.05) is 0 Å². The Morgan fingerprint density at radius 3 is 2.26 bits per heavy atom. The zero-order valence-corrected chi connectivity index (χ0v) is 13.3. The van der Waals surface area contributed by atoms with Crippen LogP contribution in [0.2, 0.25) is 0 Å². The van der Waals surface area contributed by atoms with Crippen molar-refractivity contribution in [1.29, 1.82) is 0 Å². The first-order chi connectivity index (χ1) is 10.8. The molecule has 0 saturated carbocycles. The molecule has 1 aromatic rings. The van der Waals surface area contributed by atoms with Gasteiger partial charge in [0.15, 0.2) is 0 Å². The van der Waals surface area contributed by atoms with E-state index in [0.29, 0.717) is 16.7 Å². The number of amides is 2. The van der Waals surface area contributed by atoms with Crippen molar-refractivity contribution in [3.05, 3.63) is 19.5 Å². The fourth-order valence-corrected chi connectivity index (χ4v) is 3.90. The van der Waals surface area contributed by atoms with Gasteiger partial charge < -0.3 is 10.2 Å². The van der Waals surface area contributed by atoms with Gasteiger partial charge in [-0.05, 0) is 18.7 Å². The van der Waals surface area contributed by atoms with Crippen LogP contribution < -0.4 is 14.8 Å². The zero-order valence-electron chi connectivity index (χ0n) is 11.6. The maximum Gasteiger partial charge on any atom is 0.323 e. The molecule has 1 aliphatic rings. The van der Waals surface area contributed by atoms with Gasteiger partial charge in [-0.3, -0.25) is 33.4 Å². The van der Waals surface area contributed by atoms with Crippen LogP contribution in [-0.2, 0) is 20.9 Å². The Hall–Kier alpha value is -2.40. The van der Waals surface area contributed by atoms with Crippen molar-refractivity contribution in [2.24, 2.45) is 0 Å². The summed E-state index contributed by atoms with van der Waals surface area (Å²) in [5.41, 5.74) is -0.583. The standard InChI is InChI=1S/C12H10N2O7S2/c1-2-5-9(19)13(3-6(15)16)11(22-5)8-10(20)14(4-7(17)18)12(21)23-8/h2H,3-4H2,1H3,(H,15,16)(H,17,18)/b5-2+,11-8-. The Labute approximate surface area is 136 Å². The van der Waals surface area contributed by atoms with Crippen LogP contribution in [0.1, 0.15) is 6.92 Å². The number of rotatable bonds is 4. The fraction of sp³-hybridized carbons (Fsp3) is 0.250. The van der Waals surface area contributed by atoms with Gasteiger partial charge in [0.2, 0.25) is 0 Å². The molecule has 23 heavy (non-hydrogen) atoms. The molecule has 2 rings (SSSR count). The third-order valence-electron chi connectivity index (χ3n) is 2.80. The Balaban J connectivity index is 2.69. The van der Waals surface area contributed by atoms with Gasteiger partial charge >= 0.3 is 11.9 Å². The number of carboxylic acids is 2. The molecule has 1 saturated heterocycles. The molecule has 0 aliphatic carbocycles. The first-order valence-electron chi connectivity index (χ1n) is 6.13. The van der Waals surface area contributed by atoms with Crippen molar-refractivity contribution >= 4 is 57.2 Å². The van der Waals surface area contributed by atoms with Crippen molar-refractivity contribution in [3.63, 3.8) is 0 Å². The van der Waals surface area contributed by atoms with Crippen molar-refractivity contribution in [3.8, 4) is 0 Å². The Kier molecular flexibility index (Phi) is 4.71. The number of hydrogen-bond acceptors (Lipinski definition) is 7. The first-order valence-corrected chi connectivity index (χ1v) is 7.77. The molecule has 0 spiro atoms. The SMILES string of the molecule is C/C=c1/s/c(=C2\SC(=O)N(CC(=O)O)C2=O)n(CC(=O)O)c1=O.